The van der Waals surface area contributed by atoms with Gasteiger partial charge in [-0.2, -0.15) is 0 Å². The van der Waals surface area contributed by atoms with Gasteiger partial charge in [0.05, 0.1) is 0 Å². The summed E-state index contributed by atoms with van der Waals surface area (Å²) in [6.07, 6.45) is -1.03. The molecule has 0 aromatic carbocycles. The summed E-state index contributed by atoms with van der Waals surface area (Å²) in [6.45, 7) is 7.53. The largest absolute Gasteiger partial charge is 0.459 e. The molecule has 0 bridgehead atoms. The molecule has 0 saturated carbocycles. The molecule has 0 aromatic heterocycles. The van der Waals surface area contributed by atoms with Crippen LogP contribution in [0.5, 0.6) is 0 Å². The highest BCUT2D eigenvalue weighted by molar-refractivity contribution is 6.68. The number of hydrogen-bond acceptors (Lipinski definition) is 16. The number of rotatable bonds is 29. The summed E-state index contributed by atoms with van der Waals surface area (Å²) in [6, 6.07) is -5.52. The molecule has 0 aromatic rings. The monoisotopic (exact) mass is 1120 g/mol. The Morgan fingerprint density at radius 2 is 0.786 bits per heavy atom. The number of nitrogens with one attached hydrogen (secondary N) is 8. The molecule has 0 aliphatic heterocycles. The molecule has 0 heterocycles. The smallest absolute Gasteiger partial charge is 0.407 e. The van der Waals surface area contributed by atoms with Gasteiger partial charge in [-0.15, -0.1) is 0 Å². The van der Waals surface area contributed by atoms with Crippen molar-refractivity contribution >= 4 is 129 Å². The maximum atomic E-state index is 13.0. The molecular formula is C40H66Cl6N10O14. The lowest BCUT2D eigenvalue weighted by Gasteiger charge is -2.22. The second-order valence-corrected chi connectivity index (χ2v) is 22.2. The number of carbonyl (C=O) groups is 10. The summed E-state index contributed by atoms with van der Waals surface area (Å²) in [5.74, 6) is -6.04. The number of carbonyl (C=O) groups excluding carboxylic acids is 10. The number of alkyl halides is 6. The van der Waals surface area contributed by atoms with Gasteiger partial charge in [0.25, 0.3) is 0 Å². The van der Waals surface area contributed by atoms with E-state index in [4.69, 9.17) is 100 Å². The summed E-state index contributed by atoms with van der Waals surface area (Å²) in [4.78, 5) is 125. The number of unbranched alkanes of at least 4 members (excludes halogenated alkanes) is 2. The lowest BCUT2D eigenvalue weighted by atomic mass is 10.1. The second kappa shape index (κ2) is 32.8. The van der Waals surface area contributed by atoms with Crippen molar-refractivity contribution < 1.29 is 66.9 Å². The molecule has 30 heteroatoms. The van der Waals surface area contributed by atoms with Crippen molar-refractivity contribution in [3.8, 4) is 0 Å². The quantitative estimate of drug-likeness (QED) is 0.0217. The number of ether oxygens (including phenoxy) is 4. The normalized spacial score (nSPS) is 13.4. The molecule has 0 saturated heterocycles. The number of alkyl carbamates (subject to hydrolysis) is 2. The zero-order valence-corrected chi connectivity index (χ0v) is 44.3. The molecule has 70 heavy (non-hydrogen) atoms. The Labute approximate surface area is 436 Å². The standard InChI is InChI=1S/C40H66Cl6N10O14/c1-37(2,3)69-27(59)19-53-31(61)23(11-7-9-15-51-35(65)67-21-39(41,42)43)55-25(57)13-17-49-33(63)29(47)30(48)34(64)50-18-14-26(58)56-24(32(62)54-20-28(60)70-38(4,5)6)12-8-10-16-52-36(66)68-22-40(44,45)46/h23-24,29-30H,7-22,47-48H2,1-6H3,(H,49,63)(H,50,64)(H,51,65)(H,52,66)(H,53,61)(H,54,62)(H,55,57)(H,56,58)/t23-,24-,29-,30-/m0/s1. The van der Waals surface area contributed by atoms with Crippen molar-refractivity contribution in [2.45, 2.75) is 136 Å². The Bertz CT molecular complexity index is 1640. The summed E-state index contributed by atoms with van der Waals surface area (Å²) in [5.41, 5.74) is 10.2. The average molecular weight is 1120 g/mol. The van der Waals surface area contributed by atoms with Crippen LogP contribution in [0.15, 0.2) is 0 Å². The van der Waals surface area contributed by atoms with Gasteiger partial charge in [0.15, 0.2) is 0 Å². The molecule has 0 fully saturated rings. The van der Waals surface area contributed by atoms with Crippen LogP contribution in [0.4, 0.5) is 9.59 Å². The molecule has 0 spiro atoms. The van der Waals surface area contributed by atoms with Crippen LogP contribution >= 0.6 is 69.6 Å². The number of amides is 8. The van der Waals surface area contributed by atoms with Gasteiger partial charge in [-0.1, -0.05) is 69.6 Å². The van der Waals surface area contributed by atoms with E-state index in [0.29, 0.717) is 25.7 Å². The van der Waals surface area contributed by atoms with Crippen LogP contribution in [-0.4, -0.2) is 155 Å². The van der Waals surface area contributed by atoms with Crippen molar-refractivity contribution in [3.05, 3.63) is 0 Å². The Kier molecular flexibility index (Phi) is 30.9. The Morgan fingerprint density at radius 1 is 0.457 bits per heavy atom. The van der Waals surface area contributed by atoms with Gasteiger partial charge in [-0.05, 0) is 80.1 Å². The third kappa shape index (κ3) is 36.0. The summed E-state index contributed by atoms with van der Waals surface area (Å²) >= 11 is 33.3. The van der Waals surface area contributed by atoms with E-state index in [-0.39, 0.29) is 51.9 Å². The zero-order valence-electron chi connectivity index (χ0n) is 39.8. The van der Waals surface area contributed by atoms with E-state index in [9.17, 15) is 47.9 Å². The first-order valence-electron chi connectivity index (χ1n) is 21.8. The summed E-state index contributed by atoms with van der Waals surface area (Å²) in [7, 11) is 0. The van der Waals surface area contributed by atoms with Crippen LogP contribution in [0.1, 0.15) is 92.9 Å². The van der Waals surface area contributed by atoms with Crippen LogP contribution < -0.4 is 54.0 Å². The molecule has 0 rings (SSSR count). The molecular weight excluding hydrogens is 1060 g/mol. The Hall–Kier alpha value is -4.04. The maximum Gasteiger partial charge on any atom is 0.407 e. The molecule has 0 aliphatic carbocycles. The number of hydrogen-bond donors (Lipinski definition) is 10. The summed E-state index contributed by atoms with van der Waals surface area (Å²) < 4.78 is 16.3. The van der Waals surface area contributed by atoms with Crippen LogP contribution in [0.2, 0.25) is 0 Å². The Morgan fingerprint density at radius 3 is 1.09 bits per heavy atom. The van der Waals surface area contributed by atoms with Gasteiger partial charge in [0.2, 0.25) is 43.0 Å². The molecule has 8 amide bonds. The van der Waals surface area contributed by atoms with E-state index in [1.54, 1.807) is 41.5 Å². The molecule has 24 nitrogen and oxygen atoms in total. The van der Waals surface area contributed by atoms with E-state index >= 15 is 0 Å². The van der Waals surface area contributed by atoms with Crippen molar-refractivity contribution in [3.63, 3.8) is 0 Å². The average Bonchev–Trinajstić information content (AvgIpc) is 3.22. The first-order valence-corrected chi connectivity index (χ1v) is 24.0. The van der Waals surface area contributed by atoms with Gasteiger partial charge in [-0.25, -0.2) is 9.59 Å². The van der Waals surface area contributed by atoms with Crippen LogP contribution in [-0.2, 0) is 57.3 Å². The lowest BCUT2D eigenvalue weighted by Crippen LogP contribution is -2.58. The van der Waals surface area contributed by atoms with Crippen LogP contribution in [0.25, 0.3) is 0 Å². The topological polar surface area (TPSA) is 356 Å². The minimum absolute atomic E-state index is 0.0629. The predicted molar refractivity (Wildman–Crippen MR) is 260 cm³/mol. The third-order valence-electron chi connectivity index (χ3n) is 8.36. The molecule has 12 N–H and O–H groups in total. The van der Waals surface area contributed by atoms with Gasteiger partial charge < -0.3 is 72.9 Å². The molecule has 0 aliphatic rings. The summed E-state index contributed by atoms with van der Waals surface area (Å²) in [5, 5.41) is 19.5. The highest BCUT2D eigenvalue weighted by Crippen LogP contribution is 2.26. The van der Waals surface area contributed by atoms with Gasteiger partial charge in [0.1, 0.15) is 61.7 Å². The van der Waals surface area contributed by atoms with E-state index in [1.165, 1.54) is 0 Å². The zero-order chi connectivity index (χ0) is 53.9. The highest BCUT2D eigenvalue weighted by atomic mass is 35.6. The fourth-order valence-electron chi connectivity index (χ4n) is 5.28. The van der Waals surface area contributed by atoms with Gasteiger partial charge in [0, 0.05) is 39.0 Å². The minimum Gasteiger partial charge on any atom is -0.459 e. The van der Waals surface area contributed by atoms with Gasteiger partial charge >= 0.3 is 24.1 Å². The Balaban J connectivity index is 5.21. The number of esters is 2. The van der Waals surface area contributed by atoms with E-state index in [2.05, 4.69) is 42.5 Å². The lowest BCUT2D eigenvalue weighted by molar-refractivity contribution is -0.155. The molecule has 4 atom stereocenters. The SMILES string of the molecule is CC(C)(C)OC(=O)CNC(=O)[C@H](CCCCNC(=O)OCC(Cl)(Cl)Cl)NC(=O)CCNC(=O)[C@@H](N)[C@H](N)C(=O)NCCC(=O)N[C@@H](CCCCNC(=O)OCC(Cl)(Cl)Cl)C(=O)NCC(=O)OC(C)(C)C. The number of nitrogens with two attached hydrogens (primary N) is 2. The van der Waals surface area contributed by atoms with Crippen molar-refractivity contribution in [1.29, 1.82) is 0 Å². The van der Waals surface area contributed by atoms with Crippen molar-refractivity contribution in [2.24, 2.45) is 11.5 Å². The molecule has 402 valence electrons. The van der Waals surface area contributed by atoms with Crippen LogP contribution in [0.3, 0.4) is 0 Å². The van der Waals surface area contributed by atoms with E-state index < -0.39 is 129 Å². The maximum absolute atomic E-state index is 13.0. The second-order valence-electron chi connectivity index (χ2n) is 17.2. The fraction of sp³-hybridized carbons (Fsp3) is 0.750. The van der Waals surface area contributed by atoms with Gasteiger partial charge in [-0.3, -0.25) is 38.4 Å². The molecule has 0 unspecified atom stereocenters. The molecule has 0 radical (unpaired) electrons. The first-order chi connectivity index (χ1) is 32.2. The minimum atomic E-state index is -1.80. The predicted octanol–water partition coefficient (Wildman–Crippen LogP) is 1.07. The highest BCUT2D eigenvalue weighted by Gasteiger charge is 2.29. The first kappa shape index (κ1) is 66.0. The van der Waals surface area contributed by atoms with Crippen LogP contribution in [0, 0.1) is 0 Å². The van der Waals surface area contributed by atoms with E-state index in [0.717, 1.165) is 0 Å². The van der Waals surface area contributed by atoms with Crippen molar-refractivity contribution in [2.75, 3.05) is 52.5 Å². The fourth-order valence-corrected chi connectivity index (χ4v) is 5.60. The number of halogens is 6. The van der Waals surface area contributed by atoms with E-state index in [1.807, 2.05) is 0 Å². The van der Waals surface area contributed by atoms with Crippen molar-refractivity contribution in [1.82, 2.24) is 42.5 Å². The third-order valence-corrected chi connectivity index (χ3v) is 9.02.